The van der Waals surface area contributed by atoms with Crippen molar-refractivity contribution in [3.63, 3.8) is 0 Å². The van der Waals surface area contributed by atoms with Crippen LogP contribution in [0.25, 0.3) is 0 Å². The minimum Gasteiger partial charge on any atom is -0.317 e. The predicted molar refractivity (Wildman–Crippen MR) is 62.8 cm³/mol. The van der Waals surface area contributed by atoms with E-state index in [1.807, 2.05) is 6.92 Å². The van der Waals surface area contributed by atoms with Crippen LogP contribution in [0.5, 0.6) is 0 Å². The summed E-state index contributed by atoms with van der Waals surface area (Å²) in [5.74, 6) is -0.432. The third-order valence-electron chi connectivity index (χ3n) is 2.76. The number of pyridine rings is 1. The van der Waals surface area contributed by atoms with E-state index in [2.05, 4.69) is 10.3 Å². The van der Waals surface area contributed by atoms with Crippen molar-refractivity contribution >= 4 is 11.8 Å². The maximum Gasteiger partial charge on any atom is 0.263 e. The first-order valence-corrected chi connectivity index (χ1v) is 5.76. The Morgan fingerprint density at radius 1 is 1.29 bits per heavy atom. The standard InChI is InChI=1S/C12H15N3O2/c1-2-13-5-3-7-15-11(16)9-4-6-14-8-10(9)12(15)17/h4,6,8,13H,2-3,5,7H2,1H3. The molecule has 0 bridgehead atoms. The van der Waals surface area contributed by atoms with Gasteiger partial charge in [-0.05, 0) is 25.6 Å². The fourth-order valence-electron chi connectivity index (χ4n) is 1.88. The summed E-state index contributed by atoms with van der Waals surface area (Å²) in [5, 5.41) is 3.16. The van der Waals surface area contributed by atoms with Crippen molar-refractivity contribution < 1.29 is 9.59 Å². The van der Waals surface area contributed by atoms with Crippen LogP contribution in [-0.4, -0.2) is 41.3 Å². The highest BCUT2D eigenvalue weighted by Gasteiger charge is 2.34. The molecule has 5 nitrogen and oxygen atoms in total. The summed E-state index contributed by atoms with van der Waals surface area (Å²) in [6, 6.07) is 1.60. The van der Waals surface area contributed by atoms with Gasteiger partial charge in [0.2, 0.25) is 0 Å². The van der Waals surface area contributed by atoms with Gasteiger partial charge < -0.3 is 5.32 Å². The zero-order valence-corrected chi connectivity index (χ0v) is 9.77. The highest BCUT2D eigenvalue weighted by molar-refractivity contribution is 6.21. The molecule has 1 aromatic heterocycles. The lowest BCUT2D eigenvalue weighted by Crippen LogP contribution is -2.32. The molecule has 1 aliphatic heterocycles. The van der Waals surface area contributed by atoms with Gasteiger partial charge in [0.15, 0.2) is 0 Å². The average Bonchev–Trinajstić information content (AvgIpc) is 2.60. The van der Waals surface area contributed by atoms with E-state index in [0.29, 0.717) is 17.7 Å². The third-order valence-corrected chi connectivity index (χ3v) is 2.76. The molecule has 2 rings (SSSR count). The Labute approximate surface area is 99.8 Å². The Kier molecular flexibility index (Phi) is 3.49. The maximum absolute atomic E-state index is 11.9. The number of carbonyl (C=O) groups excluding carboxylic acids is 2. The SMILES string of the molecule is CCNCCCN1C(=O)c2ccncc2C1=O. The summed E-state index contributed by atoms with van der Waals surface area (Å²) >= 11 is 0. The van der Waals surface area contributed by atoms with Crippen molar-refractivity contribution in [2.75, 3.05) is 19.6 Å². The molecule has 0 fully saturated rings. The molecule has 0 aliphatic carbocycles. The van der Waals surface area contributed by atoms with Crippen molar-refractivity contribution in [2.45, 2.75) is 13.3 Å². The molecule has 0 saturated heterocycles. The number of hydrogen-bond donors (Lipinski definition) is 1. The minimum absolute atomic E-state index is 0.205. The molecule has 0 atom stereocenters. The number of hydrogen-bond acceptors (Lipinski definition) is 4. The molecule has 0 spiro atoms. The summed E-state index contributed by atoms with van der Waals surface area (Å²) < 4.78 is 0. The van der Waals surface area contributed by atoms with Crippen LogP contribution < -0.4 is 5.32 Å². The number of imide groups is 1. The lowest BCUT2D eigenvalue weighted by Gasteiger charge is -2.13. The van der Waals surface area contributed by atoms with Gasteiger partial charge in [-0.3, -0.25) is 19.5 Å². The van der Waals surface area contributed by atoms with Crippen molar-refractivity contribution in [3.05, 3.63) is 29.6 Å². The van der Waals surface area contributed by atoms with Gasteiger partial charge in [0.25, 0.3) is 11.8 Å². The Morgan fingerprint density at radius 2 is 2.06 bits per heavy atom. The van der Waals surface area contributed by atoms with Crippen LogP contribution in [0.4, 0.5) is 0 Å². The molecular formula is C12H15N3O2. The van der Waals surface area contributed by atoms with Gasteiger partial charge >= 0.3 is 0 Å². The molecule has 0 radical (unpaired) electrons. The first-order valence-electron chi connectivity index (χ1n) is 5.76. The molecule has 1 N–H and O–H groups in total. The molecule has 17 heavy (non-hydrogen) atoms. The summed E-state index contributed by atoms with van der Waals surface area (Å²) in [6.45, 7) is 4.18. The van der Waals surface area contributed by atoms with Gasteiger partial charge in [-0.15, -0.1) is 0 Å². The van der Waals surface area contributed by atoms with E-state index in [1.54, 1.807) is 6.07 Å². The second-order valence-electron chi connectivity index (χ2n) is 3.89. The molecule has 5 heteroatoms. The summed E-state index contributed by atoms with van der Waals surface area (Å²) in [6.07, 6.45) is 3.76. The second-order valence-corrected chi connectivity index (χ2v) is 3.89. The largest absolute Gasteiger partial charge is 0.317 e. The van der Waals surface area contributed by atoms with Crippen LogP contribution in [0.15, 0.2) is 18.5 Å². The average molecular weight is 233 g/mol. The van der Waals surface area contributed by atoms with Gasteiger partial charge in [0.1, 0.15) is 0 Å². The molecule has 2 heterocycles. The van der Waals surface area contributed by atoms with Crippen LogP contribution in [0, 0.1) is 0 Å². The molecule has 90 valence electrons. The first-order chi connectivity index (χ1) is 8.25. The monoisotopic (exact) mass is 233 g/mol. The fraction of sp³-hybridized carbons (Fsp3) is 0.417. The van der Waals surface area contributed by atoms with Gasteiger partial charge in [-0.1, -0.05) is 6.92 Å². The summed E-state index contributed by atoms with van der Waals surface area (Å²) in [5.41, 5.74) is 0.884. The van der Waals surface area contributed by atoms with E-state index in [1.165, 1.54) is 17.3 Å². The zero-order chi connectivity index (χ0) is 12.3. The number of nitrogens with zero attached hydrogens (tertiary/aromatic N) is 2. The summed E-state index contributed by atoms with van der Waals surface area (Å²) in [7, 11) is 0. The molecule has 0 saturated carbocycles. The van der Waals surface area contributed by atoms with Gasteiger partial charge in [-0.2, -0.15) is 0 Å². The smallest absolute Gasteiger partial charge is 0.263 e. The number of nitrogens with one attached hydrogen (secondary N) is 1. The van der Waals surface area contributed by atoms with Crippen molar-refractivity contribution in [1.29, 1.82) is 0 Å². The van der Waals surface area contributed by atoms with E-state index in [4.69, 9.17) is 0 Å². The van der Waals surface area contributed by atoms with E-state index in [9.17, 15) is 9.59 Å². The lowest BCUT2D eigenvalue weighted by atomic mass is 10.2. The third kappa shape index (κ3) is 2.19. The normalized spacial score (nSPS) is 14.3. The molecular weight excluding hydrogens is 218 g/mol. The Balaban J connectivity index is 2.03. The van der Waals surface area contributed by atoms with Gasteiger partial charge in [0, 0.05) is 18.9 Å². The van der Waals surface area contributed by atoms with Crippen molar-refractivity contribution in [1.82, 2.24) is 15.2 Å². The van der Waals surface area contributed by atoms with E-state index in [-0.39, 0.29) is 11.8 Å². The number of rotatable bonds is 5. The van der Waals surface area contributed by atoms with Crippen LogP contribution in [0.1, 0.15) is 34.1 Å². The van der Waals surface area contributed by atoms with Crippen LogP contribution in [0.3, 0.4) is 0 Å². The van der Waals surface area contributed by atoms with Gasteiger partial charge in [-0.25, -0.2) is 0 Å². The van der Waals surface area contributed by atoms with Gasteiger partial charge in [0.05, 0.1) is 11.1 Å². The Hall–Kier alpha value is -1.75. The lowest BCUT2D eigenvalue weighted by molar-refractivity contribution is 0.0652. The van der Waals surface area contributed by atoms with Crippen LogP contribution in [-0.2, 0) is 0 Å². The zero-order valence-electron chi connectivity index (χ0n) is 9.77. The van der Waals surface area contributed by atoms with E-state index >= 15 is 0 Å². The highest BCUT2D eigenvalue weighted by Crippen LogP contribution is 2.21. The Bertz CT molecular complexity index is 410. The molecule has 1 aromatic rings. The van der Waals surface area contributed by atoms with E-state index in [0.717, 1.165) is 19.5 Å². The first kappa shape index (κ1) is 11.7. The number of carbonyl (C=O) groups is 2. The highest BCUT2D eigenvalue weighted by atomic mass is 16.2. The molecule has 0 unspecified atom stereocenters. The van der Waals surface area contributed by atoms with Crippen LogP contribution >= 0.6 is 0 Å². The predicted octanol–water partition coefficient (Wildman–Crippen LogP) is 0.677. The molecule has 0 aromatic carbocycles. The quantitative estimate of drug-likeness (QED) is 0.600. The summed E-state index contributed by atoms with van der Waals surface area (Å²) in [4.78, 5) is 29.0. The fourth-order valence-corrected chi connectivity index (χ4v) is 1.88. The number of fused-ring (bicyclic) bond motifs is 1. The number of amides is 2. The van der Waals surface area contributed by atoms with E-state index < -0.39 is 0 Å². The number of aromatic nitrogens is 1. The molecule has 2 amide bonds. The molecule has 1 aliphatic rings. The Morgan fingerprint density at radius 3 is 2.76 bits per heavy atom. The maximum atomic E-state index is 11.9. The van der Waals surface area contributed by atoms with Crippen molar-refractivity contribution in [3.8, 4) is 0 Å². The van der Waals surface area contributed by atoms with Crippen LogP contribution in [0.2, 0.25) is 0 Å². The minimum atomic E-state index is -0.227. The topological polar surface area (TPSA) is 62.3 Å². The second kappa shape index (κ2) is 5.05. The van der Waals surface area contributed by atoms with Crippen molar-refractivity contribution in [2.24, 2.45) is 0 Å².